The highest BCUT2D eigenvalue weighted by Crippen LogP contribution is 2.36. The predicted octanol–water partition coefficient (Wildman–Crippen LogP) is 4.37. The minimum absolute atomic E-state index is 0.0748. The number of imidazole rings is 1. The summed E-state index contributed by atoms with van der Waals surface area (Å²) < 4.78 is 41.9. The fourth-order valence-electron chi connectivity index (χ4n) is 4.08. The van der Waals surface area contributed by atoms with Crippen molar-refractivity contribution in [1.82, 2.24) is 24.6 Å². The van der Waals surface area contributed by atoms with Gasteiger partial charge in [-0.3, -0.25) is 4.79 Å². The third-order valence-electron chi connectivity index (χ3n) is 5.72. The summed E-state index contributed by atoms with van der Waals surface area (Å²) in [6.07, 6.45) is 0.339. The molecule has 0 spiro atoms. The Labute approximate surface area is 192 Å². The molecule has 0 aliphatic carbocycles. The lowest BCUT2D eigenvalue weighted by molar-refractivity contribution is -0.137. The predicted molar refractivity (Wildman–Crippen MR) is 120 cm³/mol. The number of carbonyl (C=O) groups is 1. The summed E-state index contributed by atoms with van der Waals surface area (Å²) >= 11 is 0. The van der Waals surface area contributed by atoms with E-state index in [0.717, 1.165) is 37.8 Å². The van der Waals surface area contributed by atoms with E-state index in [1.54, 1.807) is 13.0 Å². The minimum Gasteiger partial charge on any atom is -0.356 e. The van der Waals surface area contributed by atoms with Crippen LogP contribution in [0.4, 0.5) is 24.8 Å². The molecule has 174 valence electrons. The third kappa shape index (κ3) is 4.04. The first-order valence-electron chi connectivity index (χ1n) is 10.7. The van der Waals surface area contributed by atoms with Gasteiger partial charge in [0, 0.05) is 24.7 Å². The molecule has 11 heteroatoms. The molecule has 8 nitrogen and oxygen atoms in total. The van der Waals surface area contributed by atoms with Crippen LogP contribution in [0.25, 0.3) is 16.9 Å². The molecule has 1 saturated heterocycles. The number of anilines is 2. The number of hydrogen-bond donors (Lipinski definition) is 1. The molecule has 4 aromatic rings. The number of carbonyl (C=O) groups excluding carboxylic acids is 1. The van der Waals surface area contributed by atoms with Gasteiger partial charge in [0.25, 0.3) is 5.91 Å². The van der Waals surface area contributed by atoms with Crippen LogP contribution in [0.15, 0.2) is 48.9 Å². The maximum atomic E-state index is 13.6. The van der Waals surface area contributed by atoms with Crippen LogP contribution >= 0.6 is 0 Å². The van der Waals surface area contributed by atoms with Crippen molar-refractivity contribution >= 4 is 23.2 Å². The molecular formula is C23H20F3N7O. The molecule has 5 rings (SSSR count). The molecule has 1 aliphatic rings. The van der Waals surface area contributed by atoms with Gasteiger partial charge >= 0.3 is 6.18 Å². The van der Waals surface area contributed by atoms with E-state index in [4.69, 9.17) is 0 Å². The normalized spacial score (nSPS) is 14.1. The first-order valence-corrected chi connectivity index (χ1v) is 10.7. The molecule has 1 N–H and O–H groups in total. The maximum Gasteiger partial charge on any atom is 0.417 e. The zero-order chi connectivity index (χ0) is 23.9. The number of hydrogen-bond acceptors (Lipinski definition) is 6. The number of fused-ring (bicyclic) bond motifs is 1. The zero-order valence-electron chi connectivity index (χ0n) is 18.2. The van der Waals surface area contributed by atoms with E-state index in [0.29, 0.717) is 17.0 Å². The summed E-state index contributed by atoms with van der Waals surface area (Å²) in [4.78, 5) is 27.8. The van der Waals surface area contributed by atoms with Gasteiger partial charge in [0.1, 0.15) is 18.0 Å². The van der Waals surface area contributed by atoms with Gasteiger partial charge in [-0.2, -0.15) is 18.3 Å². The van der Waals surface area contributed by atoms with Gasteiger partial charge in [-0.1, -0.05) is 18.2 Å². The van der Waals surface area contributed by atoms with Gasteiger partial charge in [0.2, 0.25) is 0 Å². The maximum absolute atomic E-state index is 13.6. The van der Waals surface area contributed by atoms with Crippen LogP contribution in [0.5, 0.6) is 0 Å². The lowest BCUT2D eigenvalue weighted by Crippen LogP contribution is -2.20. The highest BCUT2D eigenvalue weighted by atomic mass is 19.4. The van der Waals surface area contributed by atoms with Crippen molar-refractivity contribution in [1.29, 1.82) is 0 Å². The van der Waals surface area contributed by atoms with Gasteiger partial charge in [0.15, 0.2) is 11.3 Å². The molecule has 0 atom stereocenters. The number of halogens is 3. The zero-order valence-corrected chi connectivity index (χ0v) is 18.2. The second kappa shape index (κ2) is 8.40. The molecule has 4 heterocycles. The van der Waals surface area contributed by atoms with Crippen molar-refractivity contribution in [2.75, 3.05) is 23.3 Å². The average Bonchev–Trinajstić information content (AvgIpc) is 3.49. The molecule has 1 aliphatic heterocycles. The van der Waals surface area contributed by atoms with Crippen molar-refractivity contribution in [3.8, 4) is 11.3 Å². The molecule has 3 aromatic heterocycles. The summed E-state index contributed by atoms with van der Waals surface area (Å²) in [6, 6.07) is 8.42. The second-order valence-electron chi connectivity index (χ2n) is 8.04. The van der Waals surface area contributed by atoms with Crippen LogP contribution in [0, 0.1) is 6.92 Å². The average molecular weight is 467 g/mol. The van der Waals surface area contributed by atoms with Gasteiger partial charge in [-0.05, 0) is 37.5 Å². The molecule has 0 radical (unpaired) electrons. The van der Waals surface area contributed by atoms with Crippen LogP contribution in [0.3, 0.4) is 0 Å². The van der Waals surface area contributed by atoms with Crippen LogP contribution < -0.4 is 10.2 Å². The van der Waals surface area contributed by atoms with E-state index in [-0.39, 0.29) is 17.0 Å². The Bertz CT molecular complexity index is 1380. The Hall–Kier alpha value is -4.02. The standard InChI is InChI=1S/C23H20F3N7O/c1-14-10-17(15-6-2-3-7-16(15)23(24,25)26)31-33-18(12-27-21(14)33)22(34)30-19-11-20(29-13-28-19)32-8-4-5-9-32/h2-3,6-7,10-13H,4-5,8-9H2,1H3,(H,28,29,30,34). The van der Waals surface area contributed by atoms with Gasteiger partial charge in [-0.25, -0.2) is 19.5 Å². The Morgan fingerprint density at radius 3 is 2.59 bits per heavy atom. The highest BCUT2D eigenvalue weighted by molar-refractivity contribution is 6.03. The fourth-order valence-corrected chi connectivity index (χ4v) is 4.08. The molecule has 1 fully saturated rings. The largest absolute Gasteiger partial charge is 0.417 e. The Balaban J connectivity index is 1.50. The lowest BCUT2D eigenvalue weighted by Gasteiger charge is -2.16. The Morgan fingerprint density at radius 2 is 1.82 bits per heavy atom. The van der Waals surface area contributed by atoms with E-state index in [9.17, 15) is 18.0 Å². The van der Waals surface area contributed by atoms with Gasteiger partial charge < -0.3 is 10.2 Å². The second-order valence-corrected chi connectivity index (χ2v) is 8.04. The summed E-state index contributed by atoms with van der Waals surface area (Å²) in [5.41, 5.74) is 0.237. The van der Waals surface area contributed by atoms with Crippen LogP contribution in [0.1, 0.15) is 34.5 Å². The smallest absolute Gasteiger partial charge is 0.356 e. The fraction of sp³-hybridized carbons (Fsp3) is 0.261. The number of aromatic nitrogens is 5. The van der Waals surface area contributed by atoms with Gasteiger partial charge in [0.05, 0.1) is 17.5 Å². The summed E-state index contributed by atoms with van der Waals surface area (Å²) in [6.45, 7) is 3.49. The van der Waals surface area contributed by atoms with E-state index in [2.05, 4.69) is 30.3 Å². The van der Waals surface area contributed by atoms with E-state index >= 15 is 0 Å². The van der Waals surface area contributed by atoms with Crippen molar-refractivity contribution in [2.24, 2.45) is 0 Å². The highest BCUT2D eigenvalue weighted by Gasteiger charge is 2.34. The Morgan fingerprint density at radius 1 is 1.06 bits per heavy atom. The van der Waals surface area contributed by atoms with E-state index in [1.807, 2.05) is 0 Å². The molecular weight excluding hydrogens is 447 g/mol. The molecule has 0 unspecified atom stereocenters. The SMILES string of the molecule is Cc1cc(-c2ccccc2C(F)(F)F)nn2c(C(=O)Nc3cc(N4CCCC4)ncn3)cnc12. The van der Waals surface area contributed by atoms with E-state index < -0.39 is 17.6 Å². The molecule has 0 saturated carbocycles. The number of amides is 1. The van der Waals surface area contributed by atoms with Crippen molar-refractivity contribution in [2.45, 2.75) is 25.9 Å². The van der Waals surface area contributed by atoms with Crippen LogP contribution in [-0.4, -0.2) is 43.6 Å². The Kier molecular flexibility index (Phi) is 5.39. The van der Waals surface area contributed by atoms with Crippen molar-refractivity contribution in [3.05, 3.63) is 65.7 Å². The summed E-state index contributed by atoms with van der Waals surface area (Å²) in [5, 5.41) is 7.05. The van der Waals surface area contributed by atoms with Crippen LogP contribution in [0.2, 0.25) is 0 Å². The number of rotatable bonds is 4. The molecule has 1 aromatic carbocycles. The monoisotopic (exact) mass is 467 g/mol. The number of nitrogens with one attached hydrogen (secondary N) is 1. The third-order valence-corrected chi connectivity index (χ3v) is 5.72. The number of alkyl halides is 3. The number of benzene rings is 1. The van der Waals surface area contributed by atoms with Crippen molar-refractivity contribution in [3.63, 3.8) is 0 Å². The number of nitrogens with zero attached hydrogens (tertiary/aromatic N) is 6. The minimum atomic E-state index is -4.55. The first kappa shape index (κ1) is 21.8. The topological polar surface area (TPSA) is 88.3 Å². The quantitative estimate of drug-likeness (QED) is 0.480. The van der Waals surface area contributed by atoms with Gasteiger partial charge in [-0.15, -0.1) is 0 Å². The lowest BCUT2D eigenvalue weighted by atomic mass is 10.0. The summed E-state index contributed by atoms with van der Waals surface area (Å²) in [5.74, 6) is 0.500. The van der Waals surface area contributed by atoms with Crippen LogP contribution in [-0.2, 0) is 6.18 Å². The first-order chi connectivity index (χ1) is 16.3. The molecule has 1 amide bonds. The van der Waals surface area contributed by atoms with Crippen molar-refractivity contribution < 1.29 is 18.0 Å². The molecule has 0 bridgehead atoms. The number of aryl methyl sites for hydroxylation is 1. The van der Waals surface area contributed by atoms with E-state index in [1.165, 1.54) is 41.3 Å². The summed E-state index contributed by atoms with van der Waals surface area (Å²) in [7, 11) is 0. The molecule has 34 heavy (non-hydrogen) atoms.